The summed E-state index contributed by atoms with van der Waals surface area (Å²) >= 11 is 0. The number of ether oxygens (including phenoxy) is 1. The number of hydrogen-bond acceptors (Lipinski definition) is 5. The van der Waals surface area contributed by atoms with Gasteiger partial charge >= 0.3 is 0 Å². The van der Waals surface area contributed by atoms with Gasteiger partial charge in [0.15, 0.2) is 11.6 Å². The van der Waals surface area contributed by atoms with Gasteiger partial charge in [0.1, 0.15) is 17.3 Å². The van der Waals surface area contributed by atoms with Crippen molar-refractivity contribution in [1.82, 2.24) is 15.0 Å². The van der Waals surface area contributed by atoms with Crippen LogP contribution >= 0.6 is 0 Å². The van der Waals surface area contributed by atoms with Gasteiger partial charge in [-0.05, 0) is 87.8 Å². The van der Waals surface area contributed by atoms with Crippen molar-refractivity contribution in [3.8, 4) is 73.7 Å². The Balaban J connectivity index is 1.07. The number of fused-ring (bicyclic) bond motifs is 9. The topological polar surface area (TPSA) is 71.7 Å². The molecule has 0 saturated carbocycles. The zero-order chi connectivity index (χ0) is 35.5. The van der Waals surface area contributed by atoms with Crippen molar-refractivity contribution in [1.29, 1.82) is 5.26 Å². The van der Waals surface area contributed by atoms with Crippen molar-refractivity contribution in [2.24, 2.45) is 0 Å². The number of nitriles is 1. The molecule has 8 aromatic rings. The SMILES string of the molecule is Cc1nc(-c2cccc(-c3ccc(-c4ccc(C#N)cc4)cc3)c2)nc(-c2ccc3c(c2)C2(c4ccccc4Oc4ccccc42)c2ccccc2-3)n1. The summed E-state index contributed by atoms with van der Waals surface area (Å²) in [6.45, 7) is 1.93. The van der Waals surface area contributed by atoms with Crippen LogP contribution in [0.3, 0.4) is 0 Å². The summed E-state index contributed by atoms with van der Waals surface area (Å²) in [5.41, 5.74) is 13.4. The second kappa shape index (κ2) is 12.0. The van der Waals surface area contributed by atoms with Crippen LogP contribution in [0.4, 0.5) is 0 Å². The first-order valence-corrected chi connectivity index (χ1v) is 17.7. The van der Waals surface area contributed by atoms with Crippen LogP contribution in [0.5, 0.6) is 11.5 Å². The molecule has 53 heavy (non-hydrogen) atoms. The maximum absolute atomic E-state index is 9.16. The number of aromatic nitrogens is 3. The summed E-state index contributed by atoms with van der Waals surface area (Å²) in [7, 11) is 0. The normalized spacial score (nSPS) is 12.9. The fourth-order valence-corrected chi connectivity index (χ4v) is 8.16. The van der Waals surface area contributed by atoms with Crippen molar-refractivity contribution < 1.29 is 4.74 Å². The number of rotatable bonds is 4. The molecule has 0 N–H and O–H groups in total. The van der Waals surface area contributed by atoms with Gasteiger partial charge < -0.3 is 4.74 Å². The highest BCUT2D eigenvalue weighted by Gasteiger charge is 2.51. The molecular formula is C48H30N4O. The van der Waals surface area contributed by atoms with Gasteiger partial charge in [-0.15, -0.1) is 0 Å². The molecule has 1 aliphatic heterocycles. The van der Waals surface area contributed by atoms with E-state index < -0.39 is 5.41 Å². The van der Waals surface area contributed by atoms with E-state index in [2.05, 4.69) is 133 Å². The minimum atomic E-state index is -0.567. The number of nitrogens with zero attached hydrogens (tertiary/aromatic N) is 4. The number of aryl methyl sites for hydroxylation is 1. The van der Waals surface area contributed by atoms with Gasteiger partial charge in [-0.2, -0.15) is 5.26 Å². The van der Waals surface area contributed by atoms with Gasteiger partial charge in [-0.3, -0.25) is 0 Å². The molecule has 5 heteroatoms. The first-order valence-electron chi connectivity index (χ1n) is 17.7. The molecule has 0 atom stereocenters. The Morgan fingerprint density at radius 3 is 1.62 bits per heavy atom. The first kappa shape index (κ1) is 30.6. The molecule has 0 saturated heterocycles. The van der Waals surface area contributed by atoms with Crippen LogP contribution < -0.4 is 4.74 Å². The predicted molar refractivity (Wildman–Crippen MR) is 208 cm³/mol. The fourth-order valence-electron chi connectivity index (χ4n) is 8.16. The average molecular weight is 679 g/mol. The molecule has 2 heterocycles. The van der Waals surface area contributed by atoms with Crippen LogP contribution in [0.25, 0.3) is 56.2 Å². The van der Waals surface area contributed by atoms with Crippen molar-refractivity contribution in [3.05, 3.63) is 197 Å². The third-order valence-corrected chi connectivity index (χ3v) is 10.5. The van der Waals surface area contributed by atoms with Crippen molar-refractivity contribution in [2.75, 3.05) is 0 Å². The lowest BCUT2D eigenvalue weighted by atomic mass is 9.66. The molecule has 2 aliphatic rings. The Labute approximate surface area is 307 Å². The minimum absolute atomic E-state index is 0.567. The number of para-hydroxylation sites is 2. The van der Waals surface area contributed by atoms with Crippen LogP contribution in [0.15, 0.2) is 164 Å². The molecule has 0 bridgehead atoms. The monoisotopic (exact) mass is 678 g/mol. The Bertz CT molecular complexity index is 2730. The smallest absolute Gasteiger partial charge is 0.163 e. The van der Waals surface area contributed by atoms with Gasteiger partial charge in [0.25, 0.3) is 0 Å². The van der Waals surface area contributed by atoms with Crippen LogP contribution in [-0.4, -0.2) is 15.0 Å². The second-order valence-electron chi connectivity index (χ2n) is 13.5. The van der Waals surface area contributed by atoms with Crippen LogP contribution in [0.2, 0.25) is 0 Å². The molecule has 1 aromatic heterocycles. The van der Waals surface area contributed by atoms with Crippen LogP contribution in [-0.2, 0) is 5.41 Å². The lowest BCUT2D eigenvalue weighted by Gasteiger charge is -2.39. The molecule has 0 fully saturated rings. The maximum atomic E-state index is 9.16. The van der Waals surface area contributed by atoms with E-state index >= 15 is 0 Å². The molecule has 248 valence electrons. The molecule has 1 spiro atoms. The van der Waals surface area contributed by atoms with E-state index in [0.717, 1.165) is 56.0 Å². The summed E-state index contributed by atoms with van der Waals surface area (Å²) in [4.78, 5) is 14.8. The van der Waals surface area contributed by atoms with E-state index in [1.807, 2.05) is 43.3 Å². The highest BCUT2D eigenvalue weighted by Crippen LogP contribution is 2.62. The molecule has 10 rings (SSSR count). The van der Waals surface area contributed by atoms with E-state index in [9.17, 15) is 0 Å². The summed E-state index contributed by atoms with van der Waals surface area (Å²) in [6, 6.07) is 58.8. The lowest BCUT2D eigenvalue weighted by molar-refractivity contribution is 0.436. The third-order valence-electron chi connectivity index (χ3n) is 10.5. The van der Waals surface area contributed by atoms with Gasteiger partial charge in [-0.25, -0.2) is 15.0 Å². The lowest BCUT2D eigenvalue weighted by Crippen LogP contribution is -2.32. The number of benzene rings is 7. The molecular weight excluding hydrogens is 649 g/mol. The van der Waals surface area contributed by atoms with E-state index in [4.69, 9.17) is 25.0 Å². The van der Waals surface area contributed by atoms with E-state index in [0.29, 0.717) is 23.0 Å². The Morgan fingerprint density at radius 1 is 0.453 bits per heavy atom. The quantitative estimate of drug-likeness (QED) is 0.185. The molecule has 5 nitrogen and oxygen atoms in total. The highest BCUT2D eigenvalue weighted by molar-refractivity contribution is 5.90. The predicted octanol–water partition coefficient (Wildman–Crippen LogP) is 11.2. The van der Waals surface area contributed by atoms with Crippen molar-refractivity contribution >= 4 is 0 Å². The molecule has 1 aliphatic carbocycles. The van der Waals surface area contributed by atoms with Crippen molar-refractivity contribution in [3.63, 3.8) is 0 Å². The molecule has 0 radical (unpaired) electrons. The third kappa shape index (κ3) is 4.81. The van der Waals surface area contributed by atoms with E-state index in [1.54, 1.807) is 0 Å². The largest absolute Gasteiger partial charge is 0.457 e. The van der Waals surface area contributed by atoms with E-state index in [-0.39, 0.29) is 0 Å². The summed E-state index contributed by atoms with van der Waals surface area (Å²) < 4.78 is 6.52. The van der Waals surface area contributed by atoms with Gasteiger partial charge in [0.2, 0.25) is 0 Å². The first-order chi connectivity index (χ1) is 26.1. The summed E-state index contributed by atoms with van der Waals surface area (Å²) in [5.74, 6) is 3.64. The zero-order valence-corrected chi connectivity index (χ0v) is 28.8. The van der Waals surface area contributed by atoms with Gasteiger partial charge in [0.05, 0.1) is 17.0 Å². The second-order valence-corrected chi connectivity index (χ2v) is 13.5. The Morgan fingerprint density at radius 2 is 0.962 bits per heavy atom. The summed E-state index contributed by atoms with van der Waals surface area (Å²) in [5, 5.41) is 9.16. The van der Waals surface area contributed by atoms with E-state index in [1.165, 1.54) is 22.3 Å². The van der Waals surface area contributed by atoms with Crippen LogP contribution in [0.1, 0.15) is 33.6 Å². The summed E-state index contributed by atoms with van der Waals surface area (Å²) in [6.07, 6.45) is 0. The number of hydrogen-bond donors (Lipinski definition) is 0. The minimum Gasteiger partial charge on any atom is -0.457 e. The fraction of sp³-hybridized carbons (Fsp3) is 0.0417. The zero-order valence-electron chi connectivity index (χ0n) is 28.8. The van der Waals surface area contributed by atoms with Crippen LogP contribution in [0, 0.1) is 18.3 Å². The average Bonchev–Trinajstić information content (AvgIpc) is 3.51. The molecule has 0 amide bonds. The highest BCUT2D eigenvalue weighted by atomic mass is 16.5. The van der Waals surface area contributed by atoms with Gasteiger partial charge in [0, 0.05) is 22.3 Å². The molecule has 0 unspecified atom stereocenters. The van der Waals surface area contributed by atoms with Crippen molar-refractivity contribution in [2.45, 2.75) is 12.3 Å². The standard InChI is InChI=1S/C48H30N4O/c1-30-50-46(36-10-8-9-35(27-36)34-23-21-33(22-24-34)32-19-17-31(29-49)18-20-32)52-47(51-30)37-25-26-39-38-11-2-3-12-40(38)48(43(39)28-37)41-13-4-6-15-44(41)53-45-16-7-5-14-42(45)48/h2-28H,1H3. The molecule has 7 aromatic carbocycles. The maximum Gasteiger partial charge on any atom is 0.163 e. The Hall–Kier alpha value is -7.16. The Kier molecular flexibility index (Phi) is 6.92. The van der Waals surface area contributed by atoms with Gasteiger partial charge in [-0.1, -0.05) is 127 Å².